The van der Waals surface area contributed by atoms with Gasteiger partial charge in [-0.15, -0.1) is 0 Å². The van der Waals surface area contributed by atoms with Crippen LogP contribution in [0.1, 0.15) is 44.6 Å². The molecule has 2 N–H and O–H groups in total. The van der Waals surface area contributed by atoms with Crippen molar-refractivity contribution in [3.8, 4) is 0 Å². The highest BCUT2D eigenvalue weighted by atomic mass is 14.9. The Labute approximate surface area is 121 Å². The van der Waals surface area contributed by atoms with Gasteiger partial charge in [-0.2, -0.15) is 0 Å². The average Bonchev–Trinajstić information content (AvgIpc) is 2.87. The number of pyridine rings is 1. The molecule has 1 aliphatic carbocycles. The zero-order valence-corrected chi connectivity index (χ0v) is 12.4. The lowest BCUT2D eigenvalue weighted by Gasteiger charge is -2.26. The maximum atomic E-state index is 4.33. The second kappa shape index (κ2) is 6.40. The Morgan fingerprint density at radius 1 is 1.40 bits per heavy atom. The molecule has 0 aliphatic heterocycles. The highest BCUT2D eigenvalue weighted by molar-refractivity contribution is 5.79. The summed E-state index contributed by atoms with van der Waals surface area (Å²) in [7, 11) is 0. The SMILES string of the molecule is CC1CCCC(CCNCc2c[nH]c3ncccc23)C1. The summed E-state index contributed by atoms with van der Waals surface area (Å²) >= 11 is 0. The fraction of sp³-hybridized carbons (Fsp3) is 0.588. The van der Waals surface area contributed by atoms with Crippen LogP contribution < -0.4 is 5.32 Å². The summed E-state index contributed by atoms with van der Waals surface area (Å²) in [4.78, 5) is 7.56. The Morgan fingerprint density at radius 2 is 2.35 bits per heavy atom. The van der Waals surface area contributed by atoms with E-state index in [1.54, 1.807) is 0 Å². The molecular weight excluding hydrogens is 246 g/mol. The second-order valence-electron chi connectivity index (χ2n) is 6.32. The Bertz CT molecular complexity index is 546. The number of fused-ring (bicyclic) bond motifs is 1. The molecule has 1 saturated carbocycles. The van der Waals surface area contributed by atoms with Crippen LogP contribution in [-0.4, -0.2) is 16.5 Å². The van der Waals surface area contributed by atoms with Crippen molar-refractivity contribution >= 4 is 11.0 Å². The summed E-state index contributed by atoms with van der Waals surface area (Å²) < 4.78 is 0. The van der Waals surface area contributed by atoms with E-state index in [1.807, 2.05) is 12.3 Å². The minimum Gasteiger partial charge on any atom is -0.346 e. The lowest BCUT2D eigenvalue weighted by atomic mass is 9.81. The second-order valence-corrected chi connectivity index (χ2v) is 6.32. The molecule has 0 amide bonds. The minimum absolute atomic E-state index is 0.938. The molecule has 0 bridgehead atoms. The lowest BCUT2D eigenvalue weighted by Crippen LogP contribution is -2.21. The van der Waals surface area contributed by atoms with Gasteiger partial charge < -0.3 is 10.3 Å². The molecule has 2 atom stereocenters. The van der Waals surface area contributed by atoms with Gasteiger partial charge in [-0.3, -0.25) is 0 Å². The number of aromatic amines is 1. The molecule has 3 nitrogen and oxygen atoms in total. The molecule has 20 heavy (non-hydrogen) atoms. The van der Waals surface area contributed by atoms with Crippen LogP contribution in [-0.2, 0) is 6.54 Å². The number of rotatable bonds is 5. The van der Waals surface area contributed by atoms with E-state index in [9.17, 15) is 0 Å². The molecule has 0 saturated heterocycles. The van der Waals surface area contributed by atoms with Crippen LogP contribution in [0.15, 0.2) is 24.5 Å². The molecule has 2 aromatic heterocycles. The van der Waals surface area contributed by atoms with E-state index in [0.29, 0.717) is 0 Å². The van der Waals surface area contributed by atoms with Gasteiger partial charge in [0.25, 0.3) is 0 Å². The van der Waals surface area contributed by atoms with E-state index in [0.717, 1.165) is 30.6 Å². The summed E-state index contributed by atoms with van der Waals surface area (Å²) in [5.74, 6) is 1.88. The van der Waals surface area contributed by atoms with Crippen LogP contribution in [0.4, 0.5) is 0 Å². The zero-order valence-electron chi connectivity index (χ0n) is 12.4. The molecule has 108 valence electrons. The summed E-state index contributed by atoms with van der Waals surface area (Å²) in [6.07, 6.45) is 11.0. The van der Waals surface area contributed by atoms with E-state index in [2.05, 4.69) is 34.5 Å². The summed E-state index contributed by atoms with van der Waals surface area (Å²) in [5.41, 5.74) is 2.32. The molecule has 2 heterocycles. The van der Waals surface area contributed by atoms with Gasteiger partial charge in [0, 0.05) is 24.3 Å². The molecule has 2 aromatic rings. The Kier molecular flexibility index (Phi) is 4.36. The third-order valence-corrected chi connectivity index (χ3v) is 4.63. The number of nitrogens with zero attached hydrogens (tertiary/aromatic N) is 1. The minimum atomic E-state index is 0.938. The van der Waals surface area contributed by atoms with Gasteiger partial charge in [-0.25, -0.2) is 4.98 Å². The molecular formula is C17H25N3. The van der Waals surface area contributed by atoms with Crippen LogP contribution in [0, 0.1) is 11.8 Å². The summed E-state index contributed by atoms with van der Waals surface area (Å²) in [6, 6.07) is 4.14. The predicted octanol–water partition coefficient (Wildman–Crippen LogP) is 3.87. The van der Waals surface area contributed by atoms with Gasteiger partial charge >= 0.3 is 0 Å². The molecule has 0 spiro atoms. The molecule has 2 unspecified atom stereocenters. The lowest BCUT2D eigenvalue weighted by molar-refractivity contribution is 0.267. The molecule has 0 radical (unpaired) electrons. The van der Waals surface area contributed by atoms with E-state index >= 15 is 0 Å². The van der Waals surface area contributed by atoms with Crippen molar-refractivity contribution in [1.29, 1.82) is 0 Å². The Hall–Kier alpha value is -1.35. The van der Waals surface area contributed by atoms with Crippen molar-refractivity contribution in [3.05, 3.63) is 30.1 Å². The summed E-state index contributed by atoms with van der Waals surface area (Å²) in [5, 5.41) is 4.84. The van der Waals surface area contributed by atoms with Gasteiger partial charge in [0.05, 0.1) is 0 Å². The van der Waals surface area contributed by atoms with Crippen molar-refractivity contribution in [3.63, 3.8) is 0 Å². The van der Waals surface area contributed by atoms with Crippen molar-refractivity contribution in [2.24, 2.45) is 11.8 Å². The van der Waals surface area contributed by atoms with Crippen LogP contribution in [0.2, 0.25) is 0 Å². The predicted molar refractivity (Wildman–Crippen MR) is 83.5 cm³/mol. The Morgan fingerprint density at radius 3 is 3.25 bits per heavy atom. The molecule has 3 heteroatoms. The first-order chi connectivity index (χ1) is 9.83. The average molecular weight is 271 g/mol. The van der Waals surface area contributed by atoms with Crippen LogP contribution in [0.25, 0.3) is 11.0 Å². The maximum Gasteiger partial charge on any atom is 0.137 e. The summed E-state index contributed by atoms with van der Waals surface area (Å²) in [6.45, 7) is 4.47. The van der Waals surface area contributed by atoms with E-state index in [4.69, 9.17) is 0 Å². The van der Waals surface area contributed by atoms with E-state index in [-0.39, 0.29) is 0 Å². The third kappa shape index (κ3) is 3.21. The van der Waals surface area contributed by atoms with E-state index < -0.39 is 0 Å². The number of aromatic nitrogens is 2. The van der Waals surface area contributed by atoms with Crippen molar-refractivity contribution in [2.45, 2.75) is 45.6 Å². The topological polar surface area (TPSA) is 40.7 Å². The van der Waals surface area contributed by atoms with Crippen LogP contribution >= 0.6 is 0 Å². The molecule has 0 aromatic carbocycles. The first-order valence-corrected chi connectivity index (χ1v) is 7.94. The van der Waals surface area contributed by atoms with Crippen LogP contribution in [0.5, 0.6) is 0 Å². The zero-order chi connectivity index (χ0) is 13.8. The van der Waals surface area contributed by atoms with Gasteiger partial charge in [0.1, 0.15) is 5.65 Å². The fourth-order valence-electron chi connectivity index (χ4n) is 3.51. The van der Waals surface area contributed by atoms with Crippen LogP contribution in [0.3, 0.4) is 0 Å². The number of H-pyrrole nitrogens is 1. The monoisotopic (exact) mass is 271 g/mol. The quantitative estimate of drug-likeness (QED) is 0.810. The maximum absolute atomic E-state index is 4.33. The molecule has 1 aliphatic rings. The fourth-order valence-corrected chi connectivity index (χ4v) is 3.51. The standard InChI is InChI=1S/C17H25N3/c1-13-4-2-5-14(10-13)7-9-18-11-15-12-20-17-16(15)6-3-8-19-17/h3,6,8,12-14,18H,2,4-5,7,9-11H2,1H3,(H,19,20). The highest BCUT2D eigenvalue weighted by Gasteiger charge is 2.18. The first-order valence-electron chi connectivity index (χ1n) is 7.94. The number of hydrogen-bond donors (Lipinski definition) is 2. The van der Waals surface area contributed by atoms with Gasteiger partial charge in [0.2, 0.25) is 0 Å². The van der Waals surface area contributed by atoms with Crippen molar-refractivity contribution in [1.82, 2.24) is 15.3 Å². The highest BCUT2D eigenvalue weighted by Crippen LogP contribution is 2.30. The normalized spacial score (nSPS) is 23.2. The van der Waals surface area contributed by atoms with Gasteiger partial charge in [0.15, 0.2) is 0 Å². The van der Waals surface area contributed by atoms with Gasteiger partial charge in [-0.05, 0) is 48.9 Å². The van der Waals surface area contributed by atoms with E-state index in [1.165, 1.54) is 43.1 Å². The first kappa shape index (κ1) is 13.6. The Balaban J connectivity index is 1.46. The van der Waals surface area contributed by atoms with Gasteiger partial charge in [-0.1, -0.05) is 26.2 Å². The number of hydrogen-bond acceptors (Lipinski definition) is 2. The third-order valence-electron chi connectivity index (χ3n) is 4.63. The largest absolute Gasteiger partial charge is 0.346 e. The van der Waals surface area contributed by atoms with Crippen molar-refractivity contribution in [2.75, 3.05) is 6.54 Å². The van der Waals surface area contributed by atoms with Crippen molar-refractivity contribution < 1.29 is 0 Å². The molecule has 1 fully saturated rings. The smallest absolute Gasteiger partial charge is 0.137 e. The number of nitrogens with one attached hydrogen (secondary N) is 2. The molecule has 3 rings (SSSR count).